The van der Waals surface area contributed by atoms with Gasteiger partial charge in [0.05, 0.1) is 6.10 Å². The second kappa shape index (κ2) is 7.27. The van der Waals surface area contributed by atoms with Crippen LogP contribution in [0, 0.1) is 0 Å². The van der Waals surface area contributed by atoms with Gasteiger partial charge in [0.15, 0.2) is 0 Å². The van der Waals surface area contributed by atoms with E-state index in [4.69, 9.17) is 4.74 Å². The van der Waals surface area contributed by atoms with Crippen molar-refractivity contribution in [1.29, 1.82) is 0 Å². The van der Waals surface area contributed by atoms with Gasteiger partial charge < -0.3 is 20.1 Å². The molecule has 1 fully saturated rings. The predicted molar refractivity (Wildman–Crippen MR) is 79.7 cm³/mol. The molecule has 5 nitrogen and oxygen atoms in total. The van der Waals surface area contributed by atoms with E-state index in [1.165, 1.54) is 0 Å². The van der Waals surface area contributed by atoms with Crippen LogP contribution in [-0.2, 0) is 4.74 Å². The number of nitrogens with zero attached hydrogens (tertiary/aromatic N) is 1. The molecule has 0 aromatic carbocycles. The highest BCUT2D eigenvalue weighted by atomic mass is 16.6. The number of hydrogen-bond acceptors (Lipinski definition) is 4. The summed E-state index contributed by atoms with van der Waals surface area (Å²) < 4.78 is 5.32. The molecule has 0 bridgehead atoms. The predicted octanol–water partition coefficient (Wildman–Crippen LogP) is 2.13. The second-order valence-electron chi connectivity index (χ2n) is 6.77. The van der Waals surface area contributed by atoms with E-state index in [1.807, 2.05) is 20.8 Å². The lowest BCUT2D eigenvalue weighted by atomic mass is 9.87. The van der Waals surface area contributed by atoms with Gasteiger partial charge >= 0.3 is 6.09 Å². The fourth-order valence-corrected chi connectivity index (χ4v) is 2.76. The lowest BCUT2D eigenvalue weighted by Crippen LogP contribution is -2.55. The minimum absolute atomic E-state index is 0.0461. The molecule has 1 aliphatic carbocycles. The Morgan fingerprint density at radius 2 is 2.05 bits per heavy atom. The monoisotopic (exact) mass is 286 g/mol. The molecule has 1 aliphatic rings. The zero-order valence-electron chi connectivity index (χ0n) is 13.5. The molecule has 1 rings (SSSR count). The molecule has 3 unspecified atom stereocenters. The van der Waals surface area contributed by atoms with Crippen molar-refractivity contribution in [2.24, 2.45) is 0 Å². The third kappa shape index (κ3) is 5.67. The molecule has 3 atom stereocenters. The van der Waals surface area contributed by atoms with Gasteiger partial charge in [0, 0.05) is 12.1 Å². The number of aliphatic hydroxyl groups excluding tert-OH is 1. The molecule has 2 N–H and O–H groups in total. The van der Waals surface area contributed by atoms with Crippen molar-refractivity contribution in [3.05, 3.63) is 0 Å². The minimum atomic E-state index is -0.483. The SMILES string of the molecule is CCCN(C)C1CC(O)CCC1NC(=O)OC(C)(C)C. The largest absolute Gasteiger partial charge is 0.444 e. The zero-order valence-corrected chi connectivity index (χ0v) is 13.5. The number of rotatable bonds is 4. The summed E-state index contributed by atoms with van der Waals surface area (Å²) in [6, 6.07) is 0.219. The maximum absolute atomic E-state index is 11.9. The summed E-state index contributed by atoms with van der Waals surface area (Å²) in [4.78, 5) is 14.1. The zero-order chi connectivity index (χ0) is 15.3. The normalized spacial score (nSPS) is 27.4. The second-order valence-corrected chi connectivity index (χ2v) is 6.77. The van der Waals surface area contributed by atoms with Crippen molar-refractivity contribution < 1.29 is 14.6 Å². The van der Waals surface area contributed by atoms with Gasteiger partial charge in [0.1, 0.15) is 5.60 Å². The fraction of sp³-hybridized carbons (Fsp3) is 0.933. The minimum Gasteiger partial charge on any atom is -0.444 e. The summed E-state index contributed by atoms with van der Waals surface area (Å²) in [6.45, 7) is 8.67. The average molecular weight is 286 g/mol. The topological polar surface area (TPSA) is 61.8 Å². The van der Waals surface area contributed by atoms with Crippen molar-refractivity contribution in [2.75, 3.05) is 13.6 Å². The Morgan fingerprint density at radius 3 is 2.60 bits per heavy atom. The molecule has 0 heterocycles. The number of carbonyl (C=O) groups is 1. The number of aliphatic hydroxyl groups is 1. The van der Waals surface area contributed by atoms with Gasteiger partial charge in [0.25, 0.3) is 0 Å². The van der Waals surface area contributed by atoms with Crippen LogP contribution in [0.1, 0.15) is 53.4 Å². The van der Waals surface area contributed by atoms with E-state index >= 15 is 0 Å². The first-order valence-electron chi connectivity index (χ1n) is 7.60. The van der Waals surface area contributed by atoms with Crippen LogP contribution in [0.15, 0.2) is 0 Å². The Kier molecular flexibility index (Phi) is 6.27. The van der Waals surface area contributed by atoms with Gasteiger partial charge in [-0.1, -0.05) is 6.92 Å². The Hall–Kier alpha value is -0.810. The summed E-state index contributed by atoms with van der Waals surface area (Å²) in [5, 5.41) is 12.8. The van der Waals surface area contributed by atoms with Crippen LogP contribution in [0.2, 0.25) is 0 Å². The highest BCUT2D eigenvalue weighted by molar-refractivity contribution is 5.68. The number of amides is 1. The van der Waals surface area contributed by atoms with E-state index in [2.05, 4.69) is 24.2 Å². The third-order valence-corrected chi connectivity index (χ3v) is 3.63. The van der Waals surface area contributed by atoms with Crippen molar-refractivity contribution in [3.8, 4) is 0 Å². The molecular weight excluding hydrogens is 256 g/mol. The van der Waals surface area contributed by atoms with Crippen LogP contribution in [0.25, 0.3) is 0 Å². The van der Waals surface area contributed by atoms with Gasteiger partial charge in [-0.05, 0) is 60.0 Å². The lowest BCUT2D eigenvalue weighted by Gasteiger charge is -2.40. The summed E-state index contributed by atoms with van der Waals surface area (Å²) in [6.07, 6.45) is 2.65. The van der Waals surface area contributed by atoms with Crippen molar-refractivity contribution >= 4 is 6.09 Å². The Labute approximate surface area is 122 Å². The van der Waals surface area contributed by atoms with Crippen LogP contribution in [-0.4, -0.2) is 53.5 Å². The molecule has 0 spiro atoms. The fourth-order valence-electron chi connectivity index (χ4n) is 2.76. The number of likely N-dealkylation sites (N-methyl/N-ethyl adjacent to an activating group) is 1. The molecule has 5 heteroatoms. The maximum atomic E-state index is 11.9. The summed E-state index contributed by atoms with van der Waals surface area (Å²) >= 11 is 0. The Bertz CT molecular complexity index is 315. The summed E-state index contributed by atoms with van der Waals surface area (Å²) in [7, 11) is 2.05. The highest BCUT2D eigenvalue weighted by Crippen LogP contribution is 2.23. The molecule has 20 heavy (non-hydrogen) atoms. The van der Waals surface area contributed by atoms with Crippen molar-refractivity contribution in [3.63, 3.8) is 0 Å². The molecule has 1 amide bonds. The van der Waals surface area contributed by atoms with Crippen LogP contribution >= 0.6 is 0 Å². The van der Waals surface area contributed by atoms with Gasteiger partial charge in [-0.2, -0.15) is 0 Å². The molecule has 0 aromatic heterocycles. The molecule has 0 saturated heterocycles. The number of alkyl carbamates (subject to hydrolysis) is 1. The van der Waals surface area contributed by atoms with Crippen molar-refractivity contribution in [2.45, 2.75) is 77.2 Å². The van der Waals surface area contributed by atoms with Gasteiger partial charge in [-0.25, -0.2) is 4.79 Å². The summed E-state index contributed by atoms with van der Waals surface area (Å²) in [5.74, 6) is 0. The number of ether oxygens (including phenoxy) is 1. The first-order chi connectivity index (χ1) is 9.23. The highest BCUT2D eigenvalue weighted by Gasteiger charge is 2.33. The molecule has 118 valence electrons. The van der Waals surface area contributed by atoms with Gasteiger partial charge in [-0.15, -0.1) is 0 Å². The molecule has 1 saturated carbocycles. The maximum Gasteiger partial charge on any atom is 0.407 e. The number of hydrogen-bond donors (Lipinski definition) is 2. The quantitative estimate of drug-likeness (QED) is 0.831. The average Bonchev–Trinajstić information content (AvgIpc) is 2.29. The van der Waals surface area contributed by atoms with Crippen LogP contribution < -0.4 is 5.32 Å². The Balaban J connectivity index is 2.62. The summed E-state index contributed by atoms with van der Waals surface area (Å²) in [5.41, 5.74) is -0.483. The standard InChI is InChI=1S/C15H30N2O3/c1-6-9-17(5)13-10-11(18)7-8-12(13)16-14(19)20-15(2,3)4/h11-13,18H,6-10H2,1-5H3,(H,16,19). The molecule has 0 aromatic rings. The first-order valence-corrected chi connectivity index (χ1v) is 7.60. The van der Waals surface area contributed by atoms with Crippen LogP contribution in [0.3, 0.4) is 0 Å². The number of nitrogens with one attached hydrogen (secondary N) is 1. The smallest absolute Gasteiger partial charge is 0.407 e. The molecular formula is C15H30N2O3. The number of carbonyl (C=O) groups excluding carboxylic acids is 1. The van der Waals surface area contributed by atoms with E-state index < -0.39 is 5.60 Å². The van der Waals surface area contributed by atoms with Gasteiger partial charge in [0.2, 0.25) is 0 Å². The Morgan fingerprint density at radius 1 is 1.40 bits per heavy atom. The van der Waals surface area contributed by atoms with E-state index in [1.54, 1.807) is 0 Å². The lowest BCUT2D eigenvalue weighted by molar-refractivity contribution is 0.0286. The van der Waals surface area contributed by atoms with E-state index in [-0.39, 0.29) is 24.3 Å². The third-order valence-electron chi connectivity index (χ3n) is 3.63. The first kappa shape index (κ1) is 17.2. The van der Waals surface area contributed by atoms with Crippen LogP contribution in [0.4, 0.5) is 4.79 Å². The van der Waals surface area contributed by atoms with E-state index in [0.717, 1.165) is 25.8 Å². The van der Waals surface area contributed by atoms with Gasteiger partial charge in [-0.3, -0.25) is 0 Å². The van der Waals surface area contributed by atoms with E-state index in [9.17, 15) is 9.90 Å². The molecule has 0 aliphatic heterocycles. The van der Waals surface area contributed by atoms with Crippen molar-refractivity contribution in [1.82, 2.24) is 10.2 Å². The molecule has 0 radical (unpaired) electrons. The van der Waals surface area contributed by atoms with E-state index in [0.29, 0.717) is 6.42 Å². The van der Waals surface area contributed by atoms with Crippen LogP contribution in [0.5, 0.6) is 0 Å².